The molecule has 4 rings (SSSR count). The first-order valence-corrected chi connectivity index (χ1v) is 13.8. The summed E-state index contributed by atoms with van der Waals surface area (Å²) in [7, 11) is 0. The Bertz CT molecular complexity index is 689. The first-order chi connectivity index (χ1) is 14.4. The van der Waals surface area contributed by atoms with Crippen LogP contribution < -0.4 is 0 Å². The van der Waals surface area contributed by atoms with E-state index in [2.05, 4.69) is 61.5 Å². The van der Waals surface area contributed by atoms with Crippen molar-refractivity contribution in [1.82, 2.24) is 0 Å². The van der Waals surface area contributed by atoms with Gasteiger partial charge < -0.3 is 5.11 Å². The molecule has 0 aliphatic heterocycles. The molecule has 3 fully saturated rings. The van der Waals surface area contributed by atoms with Crippen LogP contribution in [0.1, 0.15) is 113 Å². The van der Waals surface area contributed by atoms with Crippen LogP contribution in [0.25, 0.3) is 0 Å². The molecule has 0 radical (unpaired) electrons. The summed E-state index contributed by atoms with van der Waals surface area (Å²) in [6.45, 7) is 19.8. The zero-order chi connectivity index (χ0) is 22.8. The molecule has 0 heterocycles. The van der Waals surface area contributed by atoms with E-state index >= 15 is 0 Å². The highest BCUT2D eigenvalue weighted by atomic mass is 16.3. The second-order valence-electron chi connectivity index (χ2n) is 14.0. The van der Waals surface area contributed by atoms with Gasteiger partial charge in [-0.15, -0.1) is 0 Å². The number of hydrogen-bond acceptors (Lipinski definition) is 1. The van der Waals surface area contributed by atoms with Crippen molar-refractivity contribution < 1.29 is 5.11 Å². The molecule has 4 aliphatic rings. The van der Waals surface area contributed by atoms with Gasteiger partial charge in [0.2, 0.25) is 0 Å². The van der Waals surface area contributed by atoms with E-state index in [1.54, 1.807) is 0 Å². The van der Waals surface area contributed by atoms with Gasteiger partial charge >= 0.3 is 0 Å². The van der Waals surface area contributed by atoms with E-state index in [1.807, 2.05) is 5.57 Å². The summed E-state index contributed by atoms with van der Waals surface area (Å²) in [5, 5.41) is 10.8. The lowest BCUT2D eigenvalue weighted by Gasteiger charge is -2.62. The number of aliphatic hydroxyl groups is 1. The maximum atomic E-state index is 10.8. The second-order valence-corrected chi connectivity index (χ2v) is 14.0. The molecule has 9 atom stereocenters. The van der Waals surface area contributed by atoms with Crippen LogP contribution in [-0.2, 0) is 0 Å². The molecule has 0 aromatic rings. The molecule has 1 nitrogen and oxygen atoms in total. The third-order valence-corrected chi connectivity index (χ3v) is 12.0. The van der Waals surface area contributed by atoms with Crippen molar-refractivity contribution >= 4 is 0 Å². The Labute approximate surface area is 193 Å². The van der Waals surface area contributed by atoms with E-state index in [1.165, 1.54) is 51.4 Å². The average molecular weight is 429 g/mol. The van der Waals surface area contributed by atoms with Crippen LogP contribution in [0, 0.1) is 57.7 Å². The molecule has 0 amide bonds. The van der Waals surface area contributed by atoms with Gasteiger partial charge in [-0.1, -0.05) is 79.9 Å². The zero-order valence-corrected chi connectivity index (χ0v) is 22.0. The summed E-state index contributed by atoms with van der Waals surface area (Å²) in [4.78, 5) is 0. The highest BCUT2D eigenvalue weighted by molar-refractivity contribution is 5.28. The molecule has 0 saturated heterocycles. The molecule has 3 saturated carbocycles. The van der Waals surface area contributed by atoms with Crippen molar-refractivity contribution in [3.05, 3.63) is 11.6 Å². The Balaban J connectivity index is 1.54. The SMILES string of the molecule is CC(C)C(C)CCC(C)C1CCC2C3=CCC4C(C)(C)C(O)CCC4(C)C3CCC21C. The van der Waals surface area contributed by atoms with Gasteiger partial charge in [0.15, 0.2) is 0 Å². The van der Waals surface area contributed by atoms with Crippen LogP contribution in [0.4, 0.5) is 0 Å². The molecule has 0 aromatic heterocycles. The van der Waals surface area contributed by atoms with Crippen molar-refractivity contribution in [3.8, 4) is 0 Å². The monoisotopic (exact) mass is 428 g/mol. The van der Waals surface area contributed by atoms with Gasteiger partial charge in [0.25, 0.3) is 0 Å². The Hall–Kier alpha value is -0.300. The second kappa shape index (κ2) is 8.18. The minimum atomic E-state index is -0.126. The third kappa shape index (κ3) is 3.68. The first-order valence-electron chi connectivity index (χ1n) is 13.8. The standard InChI is InChI=1S/C30H52O/c1-19(2)20(3)9-10-21(4)23-12-13-24-22-11-14-26-28(5,6)27(31)16-18-30(26,8)25(22)15-17-29(23,24)7/h11,19-21,23-27,31H,9-10,12-18H2,1-8H3. The van der Waals surface area contributed by atoms with E-state index in [9.17, 15) is 5.11 Å². The predicted molar refractivity (Wildman–Crippen MR) is 133 cm³/mol. The molecule has 0 spiro atoms. The van der Waals surface area contributed by atoms with Crippen molar-refractivity contribution in [2.24, 2.45) is 57.7 Å². The lowest BCUT2D eigenvalue weighted by molar-refractivity contribution is -0.125. The van der Waals surface area contributed by atoms with Gasteiger partial charge in [-0.25, -0.2) is 0 Å². The minimum absolute atomic E-state index is 0.0512. The molecule has 31 heavy (non-hydrogen) atoms. The van der Waals surface area contributed by atoms with Gasteiger partial charge in [-0.3, -0.25) is 0 Å². The predicted octanol–water partition coefficient (Wildman–Crippen LogP) is 8.27. The van der Waals surface area contributed by atoms with Gasteiger partial charge in [0, 0.05) is 0 Å². The average Bonchev–Trinajstić information content (AvgIpc) is 3.06. The van der Waals surface area contributed by atoms with E-state index in [4.69, 9.17) is 0 Å². The summed E-state index contributed by atoms with van der Waals surface area (Å²) in [6, 6.07) is 0. The Morgan fingerprint density at radius 1 is 0.871 bits per heavy atom. The fourth-order valence-electron chi connectivity index (χ4n) is 9.35. The number of hydrogen-bond donors (Lipinski definition) is 1. The number of fused-ring (bicyclic) bond motifs is 5. The summed E-state index contributed by atoms with van der Waals surface area (Å²) in [5.41, 5.74) is 2.83. The normalized spacial score (nSPS) is 46.0. The van der Waals surface area contributed by atoms with Crippen LogP contribution in [0.3, 0.4) is 0 Å². The molecule has 178 valence electrons. The topological polar surface area (TPSA) is 20.2 Å². The minimum Gasteiger partial charge on any atom is -0.393 e. The molecule has 9 unspecified atom stereocenters. The van der Waals surface area contributed by atoms with Crippen molar-refractivity contribution in [2.75, 3.05) is 0 Å². The fourth-order valence-corrected chi connectivity index (χ4v) is 9.35. The smallest absolute Gasteiger partial charge is 0.0594 e. The van der Waals surface area contributed by atoms with Crippen LogP contribution in [0.2, 0.25) is 0 Å². The molecule has 1 heteroatoms. The largest absolute Gasteiger partial charge is 0.393 e. The van der Waals surface area contributed by atoms with Crippen LogP contribution in [0.5, 0.6) is 0 Å². The van der Waals surface area contributed by atoms with Gasteiger partial charge in [0.05, 0.1) is 6.10 Å². The van der Waals surface area contributed by atoms with Crippen LogP contribution >= 0.6 is 0 Å². The highest BCUT2D eigenvalue weighted by Crippen LogP contribution is 2.68. The van der Waals surface area contributed by atoms with E-state index in [0.717, 1.165) is 41.9 Å². The quantitative estimate of drug-likeness (QED) is 0.437. The highest BCUT2D eigenvalue weighted by Gasteiger charge is 2.61. The molecule has 0 aromatic carbocycles. The Morgan fingerprint density at radius 2 is 1.52 bits per heavy atom. The summed E-state index contributed by atoms with van der Waals surface area (Å²) < 4.78 is 0. The maximum Gasteiger partial charge on any atom is 0.0594 e. The summed E-state index contributed by atoms with van der Waals surface area (Å²) >= 11 is 0. The molecule has 1 N–H and O–H groups in total. The van der Waals surface area contributed by atoms with Crippen LogP contribution in [0.15, 0.2) is 11.6 Å². The fraction of sp³-hybridized carbons (Fsp3) is 0.933. The van der Waals surface area contributed by atoms with E-state index < -0.39 is 0 Å². The van der Waals surface area contributed by atoms with E-state index in [0.29, 0.717) is 16.7 Å². The van der Waals surface area contributed by atoms with Crippen molar-refractivity contribution in [2.45, 2.75) is 119 Å². The first kappa shape index (κ1) is 23.8. The Kier molecular flexibility index (Phi) is 6.29. The van der Waals surface area contributed by atoms with Crippen molar-refractivity contribution in [3.63, 3.8) is 0 Å². The molecule has 0 bridgehead atoms. The van der Waals surface area contributed by atoms with Crippen LogP contribution in [-0.4, -0.2) is 11.2 Å². The van der Waals surface area contributed by atoms with Gasteiger partial charge in [-0.05, 0) is 103 Å². The molecular weight excluding hydrogens is 376 g/mol. The maximum absolute atomic E-state index is 10.8. The number of allylic oxidation sites excluding steroid dienone is 2. The number of aliphatic hydroxyl groups excluding tert-OH is 1. The molecule has 4 aliphatic carbocycles. The zero-order valence-electron chi connectivity index (χ0n) is 22.0. The van der Waals surface area contributed by atoms with E-state index in [-0.39, 0.29) is 11.5 Å². The van der Waals surface area contributed by atoms with Gasteiger partial charge in [0.1, 0.15) is 0 Å². The molecular formula is C30H52O. The third-order valence-electron chi connectivity index (χ3n) is 12.0. The van der Waals surface area contributed by atoms with Gasteiger partial charge in [-0.2, -0.15) is 0 Å². The summed E-state index contributed by atoms with van der Waals surface area (Å²) in [5.74, 6) is 5.67. The lowest BCUT2D eigenvalue weighted by atomic mass is 9.43. The van der Waals surface area contributed by atoms with Crippen molar-refractivity contribution in [1.29, 1.82) is 0 Å². The Morgan fingerprint density at radius 3 is 2.19 bits per heavy atom. The lowest BCUT2D eigenvalue weighted by Crippen LogP contribution is -2.56. The summed E-state index contributed by atoms with van der Waals surface area (Å²) in [6.07, 6.45) is 14.5. The number of rotatable bonds is 5.